The van der Waals surface area contributed by atoms with Gasteiger partial charge in [-0.15, -0.1) is 0 Å². The number of benzene rings is 1. The summed E-state index contributed by atoms with van der Waals surface area (Å²) < 4.78 is 11.6. The van der Waals surface area contributed by atoms with Gasteiger partial charge in [-0.3, -0.25) is 0 Å². The van der Waals surface area contributed by atoms with E-state index in [-0.39, 0.29) is 6.10 Å². The van der Waals surface area contributed by atoms with E-state index in [9.17, 15) is 0 Å². The fraction of sp³-hybridized carbons (Fsp3) is 0.611. The maximum atomic E-state index is 5.92. The molecule has 5 heteroatoms. The largest absolute Gasteiger partial charge is 0.488 e. The molecule has 3 rings (SSSR count). The van der Waals surface area contributed by atoms with Gasteiger partial charge < -0.3 is 20.1 Å². The van der Waals surface area contributed by atoms with Gasteiger partial charge in [0.15, 0.2) is 5.96 Å². The molecule has 1 aliphatic carbocycles. The van der Waals surface area contributed by atoms with Crippen LogP contribution >= 0.6 is 0 Å². The smallest absolute Gasteiger partial charge is 0.191 e. The standard InChI is InChI=1S/C18H27N3O2/c1-2-19-18(20-9-10-22-13-14-7-8-14)21-12-16-11-15-5-3-4-6-17(15)23-16/h3-6,14,16H,2,7-13H2,1H3,(H2,19,20,21). The van der Waals surface area contributed by atoms with E-state index in [1.807, 2.05) is 12.1 Å². The van der Waals surface area contributed by atoms with E-state index < -0.39 is 0 Å². The molecule has 126 valence electrons. The van der Waals surface area contributed by atoms with Crippen LogP contribution in [-0.2, 0) is 11.2 Å². The average Bonchev–Trinajstić information content (AvgIpc) is 3.29. The van der Waals surface area contributed by atoms with E-state index in [0.29, 0.717) is 6.54 Å². The fourth-order valence-electron chi connectivity index (χ4n) is 2.67. The van der Waals surface area contributed by atoms with Crippen LogP contribution in [0.4, 0.5) is 0 Å². The fourth-order valence-corrected chi connectivity index (χ4v) is 2.67. The van der Waals surface area contributed by atoms with Gasteiger partial charge in [-0.1, -0.05) is 18.2 Å². The van der Waals surface area contributed by atoms with Crippen LogP contribution in [0, 0.1) is 5.92 Å². The van der Waals surface area contributed by atoms with Crippen LogP contribution in [0.3, 0.4) is 0 Å². The highest BCUT2D eigenvalue weighted by Crippen LogP contribution is 2.29. The van der Waals surface area contributed by atoms with Crippen LogP contribution in [0.15, 0.2) is 29.3 Å². The molecule has 1 unspecified atom stereocenters. The first kappa shape index (κ1) is 16.1. The second kappa shape index (κ2) is 8.20. The Bertz CT molecular complexity index is 504. The van der Waals surface area contributed by atoms with Crippen LogP contribution in [0.25, 0.3) is 0 Å². The van der Waals surface area contributed by atoms with Crippen LogP contribution in [0.5, 0.6) is 5.75 Å². The summed E-state index contributed by atoms with van der Waals surface area (Å²) in [6, 6.07) is 8.22. The third kappa shape index (κ3) is 5.13. The molecular weight excluding hydrogens is 290 g/mol. The number of fused-ring (bicyclic) bond motifs is 1. The Balaban J connectivity index is 1.39. The second-order valence-electron chi connectivity index (χ2n) is 6.22. The van der Waals surface area contributed by atoms with Crippen molar-refractivity contribution < 1.29 is 9.47 Å². The van der Waals surface area contributed by atoms with Gasteiger partial charge in [-0.2, -0.15) is 0 Å². The number of aliphatic imine (C=N–C) groups is 1. The molecular formula is C18H27N3O2. The number of nitrogens with one attached hydrogen (secondary N) is 2. The van der Waals surface area contributed by atoms with Crippen molar-refractivity contribution in [3.63, 3.8) is 0 Å². The SMILES string of the molecule is CCNC(=NCC1Cc2ccccc2O1)NCCOCC1CC1. The first-order valence-electron chi connectivity index (χ1n) is 8.69. The van der Waals surface area contributed by atoms with Gasteiger partial charge in [0.2, 0.25) is 0 Å². The zero-order chi connectivity index (χ0) is 15.9. The highest BCUT2D eigenvalue weighted by molar-refractivity contribution is 5.79. The van der Waals surface area contributed by atoms with Crippen LogP contribution < -0.4 is 15.4 Å². The summed E-state index contributed by atoms with van der Waals surface area (Å²) in [5.74, 6) is 2.65. The lowest BCUT2D eigenvalue weighted by atomic mass is 10.1. The summed E-state index contributed by atoms with van der Waals surface area (Å²) in [6.45, 7) is 6.00. The van der Waals surface area contributed by atoms with Crippen molar-refractivity contribution in [2.24, 2.45) is 10.9 Å². The Morgan fingerprint density at radius 1 is 1.30 bits per heavy atom. The van der Waals surface area contributed by atoms with E-state index in [0.717, 1.165) is 50.4 Å². The Hall–Kier alpha value is -1.75. The second-order valence-corrected chi connectivity index (χ2v) is 6.22. The number of para-hydroxylation sites is 1. The van der Waals surface area contributed by atoms with Crippen molar-refractivity contribution in [3.05, 3.63) is 29.8 Å². The van der Waals surface area contributed by atoms with Gasteiger partial charge in [0.25, 0.3) is 0 Å². The molecule has 23 heavy (non-hydrogen) atoms. The summed E-state index contributed by atoms with van der Waals surface area (Å²) in [4.78, 5) is 4.64. The van der Waals surface area contributed by atoms with E-state index in [1.54, 1.807) is 0 Å². The molecule has 1 heterocycles. The van der Waals surface area contributed by atoms with E-state index in [2.05, 4.69) is 34.7 Å². The minimum atomic E-state index is 0.133. The first-order chi connectivity index (χ1) is 11.3. The van der Waals surface area contributed by atoms with Gasteiger partial charge in [0.1, 0.15) is 11.9 Å². The average molecular weight is 317 g/mol. The van der Waals surface area contributed by atoms with Crippen molar-refractivity contribution in [1.82, 2.24) is 10.6 Å². The number of rotatable bonds is 8. The number of nitrogens with zero attached hydrogens (tertiary/aromatic N) is 1. The first-order valence-corrected chi connectivity index (χ1v) is 8.69. The lowest BCUT2D eigenvalue weighted by molar-refractivity contribution is 0.129. The van der Waals surface area contributed by atoms with Gasteiger partial charge in [-0.25, -0.2) is 4.99 Å². The Morgan fingerprint density at radius 3 is 2.96 bits per heavy atom. The molecule has 1 aliphatic heterocycles. The van der Waals surface area contributed by atoms with Crippen LogP contribution in [0.1, 0.15) is 25.3 Å². The Kier molecular flexibility index (Phi) is 5.75. The highest BCUT2D eigenvalue weighted by Gasteiger charge is 2.22. The Morgan fingerprint density at radius 2 is 2.17 bits per heavy atom. The predicted molar refractivity (Wildman–Crippen MR) is 92.1 cm³/mol. The monoisotopic (exact) mass is 317 g/mol. The minimum Gasteiger partial charge on any atom is -0.488 e. The molecule has 0 amide bonds. The van der Waals surface area contributed by atoms with E-state index >= 15 is 0 Å². The minimum absolute atomic E-state index is 0.133. The predicted octanol–water partition coefficient (Wildman–Crippen LogP) is 1.97. The summed E-state index contributed by atoms with van der Waals surface area (Å²) in [7, 11) is 0. The molecule has 0 radical (unpaired) electrons. The molecule has 0 aromatic heterocycles. The number of hydrogen-bond donors (Lipinski definition) is 2. The highest BCUT2D eigenvalue weighted by atomic mass is 16.5. The molecule has 1 atom stereocenters. The summed E-state index contributed by atoms with van der Waals surface area (Å²) >= 11 is 0. The van der Waals surface area contributed by atoms with Crippen molar-refractivity contribution in [2.75, 3.05) is 32.8 Å². The molecule has 0 bridgehead atoms. The van der Waals surface area contributed by atoms with E-state index in [4.69, 9.17) is 9.47 Å². The Labute approximate surface area is 138 Å². The maximum absolute atomic E-state index is 5.92. The zero-order valence-corrected chi connectivity index (χ0v) is 13.9. The van der Waals surface area contributed by atoms with Crippen LogP contribution in [0.2, 0.25) is 0 Å². The lowest BCUT2D eigenvalue weighted by Gasteiger charge is -2.13. The van der Waals surface area contributed by atoms with Gasteiger partial charge in [0, 0.05) is 26.1 Å². The van der Waals surface area contributed by atoms with Crippen molar-refractivity contribution in [1.29, 1.82) is 0 Å². The summed E-state index contributed by atoms with van der Waals surface area (Å²) in [5.41, 5.74) is 1.28. The van der Waals surface area contributed by atoms with Crippen molar-refractivity contribution >= 4 is 5.96 Å². The third-order valence-electron chi connectivity index (χ3n) is 4.10. The van der Waals surface area contributed by atoms with Crippen molar-refractivity contribution in [3.8, 4) is 5.75 Å². The molecule has 2 aliphatic rings. The van der Waals surface area contributed by atoms with Gasteiger partial charge >= 0.3 is 0 Å². The molecule has 0 saturated heterocycles. The number of hydrogen-bond acceptors (Lipinski definition) is 3. The van der Waals surface area contributed by atoms with Crippen molar-refractivity contribution in [2.45, 2.75) is 32.3 Å². The number of ether oxygens (including phenoxy) is 2. The molecule has 0 spiro atoms. The van der Waals surface area contributed by atoms with E-state index in [1.165, 1.54) is 18.4 Å². The molecule has 5 nitrogen and oxygen atoms in total. The molecule has 1 aromatic carbocycles. The van der Waals surface area contributed by atoms with Gasteiger partial charge in [0.05, 0.1) is 13.2 Å². The normalized spacial score (nSPS) is 20.0. The topological polar surface area (TPSA) is 54.9 Å². The maximum Gasteiger partial charge on any atom is 0.191 e. The third-order valence-corrected chi connectivity index (χ3v) is 4.10. The molecule has 1 fully saturated rings. The molecule has 1 aromatic rings. The molecule has 2 N–H and O–H groups in total. The van der Waals surface area contributed by atoms with Crippen LogP contribution in [-0.4, -0.2) is 44.9 Å². The molecule has 1 saturated carbocycles. The summed E-state index contributed by atoms with van der Waals surface area (Å²) in [5, 5.41) is 6.59. The quantitative estimate of drug-likeness (QED) is 0.437. The lowest BCUT2D eigenvalue weighted by Crippen LogP contribution is -2.39. The number of guanidine groups is 1. The zero-order valence-electron chi connectivity index (χ0n) is 13.9. The van der Waals surface area contributed by atoms with Gasteiger partial charge in [-0.05, 0) is 37.3 Å². The summed E-state index contributed by atoms with van der Waals surface area (Å²) in [6.07, 6.45) is 3.74.